The van der Waals surface area contributed by atoms with E-state index < -0.39 is 5.97 Å². The molecule has 1 saturated carbocycles. The summed E-state index contributed by atoms with van der Waals surface area (Å²) in [5.41, 5.74) is 7.32. The first kappa shape index (κ1) is 11.9. The van der Waals surface area contributed by atoms with Crippen LogP contribution in [0.2, 0.25) is 0 Å². The van der Waals surface area contributed by atoms with E-state index >= 15 is 0 Å². The average molecular weight is 235 g/mol. The standard InChI is InChI=1S/C13H17NO3/c1-7-4-9(11(14)6-8-2-3-8)12(15)10(5-7)13(16)17/h4-5,8,11,15H,2-3,6,14H2,1H3,(H,16,17)/t11-/m0/s1. The van der Waals surface area contributed by atoms with Crippen LogP contribution in [0.15, 0.2) is 12.1 Å². The summed E-state index contributed by atoms with van der Waals surface area (Å²) in [4.78, 5) is 11.0. The highest BCUT2D eigenvalue weighted by molar-refractivity contribution is 5.91. The van der Waals surface area contributed by atoms with E-state index in [-0.39, 0.29) is 17.4 Å². The van der Waals surface area contributed by atoms with Crippen LogP contribution in [-0.4, -0.2) is 16.2 Å². The number of hydrogen-bond donors (Lipinski definition) is 3. The second kappa shape index (κ2) is 4.37. The van der Waals surface area contributed by atoms with Gasteiger partial charge >= 0.3 is 5.97 Å². The summed E-state index contributed by atoms with van der Waals surface area (Å²) < 4.78 is 0. The van der Waals surface area contributed by atoms with Crippen molar-refractivity contribution in [3.05, 3.63) is 28.8 Å². The average Bonchev–Trinajstić information content (AvgIpc) is 3.04. The van der Waals surface area contributed by atoms with E-state index in [1.807, 2.05) is 0 Å². The minimum atomic E-state index is -1.12. The molecule has 4 heteroatoms. The fourth-order valence-electron chi connectivity index (χ4n) is 2.09. The van der Waals surface area contributed by atoms with Crippen molar-refractivity contribution < 1.29 is 15.0 Å². The predicted octanol–water partition coefficient (Wildman–Crippen LogP) is 2.20. The van der Waals surface area contributed by atoms with Crippen molar-refractivity contribution in [3.63, 3.8) is 0 Å². The van der Waals surface area contributed by atoms with Crippen LogP contribution >= 0.6 is 0 Å². The van der Waals surface area contributed by atoms with Crippen LogP contribution in [0, 0.1) is 12.8 Å². The lowest BCUT2D eigenvalue weighted by Crippen LogP contribution is -2.13. The van der Waals surface area contributed by atoms with E-state index in [4.69, 9.17) is 10.8 Å². The molecule has 1 aliphatic rings. The molecule has 0 radical (unpaired) electrons. The maximum absolute atomic E-state index is 11.0. The van der Waals surface area contributed by atoms with Crippen LogP contribution in [0.25, 0.3) is 0 Å². The van der Waals surface area contributed by atoms with Gasteiger partial charge in [-0.3, -0.25) is 0 Å². The number of carboxylic acid groups (broad SMARTS) is 1. The number of hydrogen-bond acceptors (Lipinski definition) is 3. The van der Waals surface area contributed by atoms with Crippen LogP contribution < -0.4 is 5.73 Å². The molecule has 0 unspecified atom stereocenters. The first-order valence-electron chi connectivity index (χ1n) is 5.81. The number of aromatic hydroxyl groups is 1. The van der Waals surface area contributed by atoms with Gasteiger partial charge in [-0.15, -0.1) is 0 Å². The Hall–Kier alpha value is -1.55. The van der Waals surface area contributed by atoms with Crippen LogP contribution in [0.1, 0.15) is 46.8 Å². The molecule has 1 fully saturated rings. The Balaban J connectivity index is 2.34. The summed E-state index contributed by atoms with van der Waals surface area (Å²) >= 11 is 0. The third-order valence-electron chi connectivity index (χ3n) is 3.20. The van der Waals surface area contributed by atoms with Crippen molar-refractivity contribution in [1.82, 2.24) is 0 Å². The minimum Gasteiger partial charge on any atom is -0.507 e. The van der Waals surface area contributed by atoms with Crippen molar-refractivity contribution in [3.8, 4) is 5.75 Å². The molecule has 2 rings (SSSR count). The second-order valence-electron chi connectivity index (χ2n) is 4.84. The topological polar surface area (TPSA) is 83.5 Å². The summed E-state index contributed by atoms with van der Waals surface area (Å²) in [7, 11) is 0. The van der Waals surface area contributed by atoms with Gasteiger partial charge in [0.15, 0.2) is 0 Å². The largest absolute Gasteiger partial charge is 0.507 e. The van der Waals surface area contributed by atoms with Gasteiger partial charge in [0.25, 0.3) is 0 Å². The number of phenols is 1. The highest BCUT2D eigenvalue weighted by Gasteiger charge is 2.27. The van der Waals surface area contributed by atoms with E-state index in [1.165, 1.54) is 18.9 Å². The van der Waals surface area contributed by atoms with E-state index in [0.29, 0.717) is 11.5 Å². The number of aromatic carboxylic acids is 1. The Bertz CT molecular complexity index is 452. The van der Waals surface area contributed by atoms with Crippen molar-refractivity contribution in [2.75, 3.05) is 0 Å². The molecular formula is C13H17NO3. The molecule has 1 aliphatic carbocycles. The van der Waals surface area contributed by atoms with Gasteiger partial charge in [0.05, 0.1) is 0 Å². The van der Waals surface area contributed by atoms with E-state index in [2.05, 4.69) is 0 Å². The number of nitrogens with two attached hydrogens (primary N) is 1. The first-order chi connectivity index (χ1) is 7.99. The summed E-state index contributed by atoms with van der Waals surface area (Å²) in [6.07, 6.45) is 3.19. The van der Waals surface area contributed by atoms with Gasteiger partial charge in [-0.25, -0.2) is 4.79 Å². The maximum atomic E-state index is 11.0. The number of carbonyl (C=O) groups is 1. The molecule has 0 heterocycles. The van der Waals surface area contributed by atoms with Gasteiger partial charge in [-0.05, 0) is 30.9 Å². The Morgan fingerprint density at radius 2 is 2.18 bits per heavy atom. The zero-order valence-electron chi connectivity index (χ0n) is 9.81. The monoisotopic (exact) mass is 235 g/mol. The van der Waals surface area contributed by atoms with Crippen molar-refractivity contribution in [2.45, 2.75) is 32.2 Å². The quantitative estimate of drug-likeness (QED) is 0.747. The molecule has 0 amide bonds. The lowest BCUT2D eigenvalue weighted by Gasteiger charge is -2.15. The number of carboxylic acids is 1. The van der Waals surface area contributed by atoms with Crippen LogP contribution in [0.3, 0.4) is 0 Å². The van der Waals surface area contributed by atoms with Crippen molar-refractivity contribution in [1.29, 1.82) is 0 Å². The Morgan fingerprint density at radius 1 is 1.53 bits per heavy atom. The molecule has 4 N–H and O–H groups in total. The molecule has 0 saturated heterocycles. The smallest absolute Gasteiger partial charge is 0.339 e. The molecule has 0 spiro atoms. The maximum Gasteiger partial charge on any atom is 0.339 e. The molecule has 92 valence electrons. The molecule has 0 aliphatic heterocycles. The van der Waals surface area contributed by atoms with Gasteiger partial charge in [0.1, 0.15) is 11.3 Å². The normalized spacial score (nSPS) is 16.8. The van der Waals surface area contributed by atoms with Gasteiger partial charge in [0, 0.05) is 11.6 Å². The summed E-state index contributed by atoms with van der Waals surface area (Å²) in [6, 6.07) is 2.96. The summed E-state index contributed by atoms with van der Waals surface area (Å²) in [5, 5.41) is 18.9. The molecular weight excluding hydrogens is 218 g/mol. The van der Waals surface area contributed by atoms with Crippen LogP contribution in [0.5, 0.6) is 5.75 Å². The third-order valence-corrected chi connectivity index (χ3v) is 3.20. The van der Waals surface area contributed by atoms with E-state index in [9.17, 15) is 9.90 Å². The second-order valence-corrected chi connectivity index (χ2v) is 4.84. The highest BCUT2D eigenvalue weighted by Crippen LogP contribution is 2.39. The van der Waals surface area contributed by atoms with Gasteiger partial charge in [0.2, 0.25) is 0 Å². The van der Waals surface area contributed by atoms with E-state index in [0.717, 1.165) is 12.0 Å². The zero-order valence-corrected chi connectivity index (χ0v) is 9.81. The molecule has 1 aromatic rings. The Labute approximate surface area is 100 Å². The molecule has 1 aromatic carbocycles. The summed E-state index contributed by atoms with van der Waals surface area (Å²) in [6.45, 7) is 1.80. The SMILES string of the molecule is Cc1cc(C(=O)O)c(O)c([C@@H](N)CC2CC2)c1. The van der Waals surface area contributed by atoms with Crippen LogP contribution in [0.4, 0.5) is 0 Å². The number of aryl methyl sites for hydroxylation is 1. The van der Waals surface area contributed by atoms with Gasteiger partial charge in [-0.1, -0.05) is 18.9 Å². The third kappa shape index (κ3) is 2.58. The fraction of sp³-hybridized carbons (Fsp3) is 0.462. The van der Waals surface area contributed by atoms with Crippen LogP contribution in [-0.2, 0) is 0 Å². The molecule has 17 heavy (non-hydrogen) atoms. The van der Waals surface area contributed by atoms with Gasteiger partial charge < -0.3 is 15.9 Å². The van der Waals surface area contributed by atoms with Crippen molar-refractivity contribution in [2.24, 2.45) is 11.7 Å². The fourth-order valence-corrected chi connectivity index (χ4v) is 2.09. The molecule has 4 nitrogen and oxygen atoms in total. The lowest BCUT2D eigenvalue weighted by atomic mass is 9.96. The predicted molar refractivity (Wildman–Crippen MR) is 64.1 cm³/mol. The first-order valence-corrected chi connectivity index (χ1v) is 5.81. The highest BCUT2D eigenvalue weighted by atomic mass is 16.4. The van der Waals surface area contributed by atoms with Gasteiger partial charge in [-0.2, -0.15) is 0 Å². The molecule has 0 bridgehead atoms. The Kier molecular flexibility index (Phi) is 3.07. The number of benzene rings is 1. The van der Waals surface area contributed by atoms with E-state index in [1.54, 1.807) is 13.0 Å². The molecule has 1 atom stereocenters. The molecule has 0 aromatic heterocycles. The zero-order chi connectivity index (χ0) is 12.6. The number of rotatable bonds is 4. The summed E-state index contributed by atoms with van der Waals surface area (Å²) in [5.74, 6) is -0.666. The Morgan fingerprint density at radius 3 is 2.71 bits per heavy atom. The lowest BCUT2D eigenvalue weighted by molar-refractivity contribution is 0.0693. The van der Waals surface area contributed by atoms with Crippen molar-refractivity contribution >= 4 is 5.97 Å². The minimum absolute atomic E-state index is 0.0637.